The first-order valence-corrected chi connectivity index (χ1v) is 10.3. The first-order valence-electron chi connectivity index (χ1n) is 10.3. The van der Waals surface area contributed by atoms with E-state index in [9.17, 15) is 13.6 Å². The normalized spacial score (nSPS) is 18.8. The largest absolute Gasteiger partial charge is 0.365 e. The molecule has 2 heterocycles. The van der Waals surface area contributed by atoms with E-state index in [1.165, 1.54) is 4.68 Å². The Morgan fingerprint density at radius 3 is 2.71 bits per heavy atom. The zero-order valence-electron chi connectivity index (χ0n) is 17.2. The molecule has 164 valence electrons. The van der Waals surface area contributed by atoms with Gasteiger partial charge in [0.05, 0.1) is 16.5 Å². The van der Waals surface area contributed by atoms with Crippen LogP contribution >= 0.6 is 0 Å². The molecule has 2 aromatic heterocycles. The van der Waals surface area contributed by atoms with Crippen LogP contribution < -0.4 is 22.1 Å². The van der Waals surface area contributed by atoms with Gasteiger partial charge < -0.3 is 22.1 Å². The van der Waals surface area contributed by atoms with Crippen LogP contribution in [0.1, 0.15) is 43.0 Å². The SMILES string of the molecule is CCn1nc(F)c2ccc(Nc3nc(NC4CCCC[C@@H]4N)c(F)cc3C(N)=O)cc21. The number of benzene rings is 1. The van der Waals surface area contributed by atoms with E-state index in [1.807, 2.05) is 6.92 Å². The average molecular weight is 429 g/mol. The fourth-order valence-electron chi connectivity index (χ4n) is 3.98. The second-order valence-electron chi connectivity index (χ2n) is 7.74. The van der Waals surface area contributed by atoms with Gasteiger partial charge in [0.25, 0.3) is 5.91 Å². The molecule has 0 radical (unpaired) electrons. The van der Waals surface area contributed by atoms with Crippen molar-refractivity contribution in [3.8, 4) is 0 Å². The average Bonchev–Trinajstić information content (AvgIpc) is 3.06. The summed E-state index contributed by atoms with van der Waals surface area (Å²) in [7, 11) is 0. The Labute approximate surface area is 178 Å². The summed E-state index contributed by atoms with van der Waals surface area (Å²) in [5.74, 6) is -1.96. The third-order valence-corrected chi connectivity index (χ3v) is 5.65. The quantitative estimate of drug-likeness (QED) is 0.477. The second-order valence-corrected chi connectivity index (χ2v) is 7.74. The Kier molecular flexibility index (Phi) is 5.73. The maximum atomic E-state index is 14.7. The van der Waals surface area contributed by atoms with Gasteiger partial charge in [-0.15, -0.1) is 5.10 Å². The number of nitrogens with zero attached hydrogens (tertiary/aromatic N) is 3. The number of halogens is 2. The number of aromatic nitrogens is 3. The van der Waals surface area contributed by atoms with Crippen molar-refractivity contribution >= 4 is 34.1 Å². The third-order valence-electron chi connectivity index (χ3n) is 5.65. The Morgan fingerprint density at radius 2 is 2.00 bits per heavy atom. The minimum absolute atomic E-state index is 0.000530. The summed E-state index contributed by atoms with van der Waals surface area (Å²) >= 11 is 0. The Hall–Kier alpha value is -3.27. The van der Waals surface area contributed by atoms with E-state index in [1.54, 1.807) is 18.2 Å². The topological polar surface area (TPSA) is 124 Å². The highest BCUT2D eigenvalue weighted by atomic mass is 19.1. The van der Waals surface area contributed by atoms with Gasteiger partial charge in [-0.25, -0.2) is 9.37 Å². The number of rotatable bonds is 6. The first-order chi connectivity index (χ1) is 14.9. The van der Waals surface area contributed by atoms with Crippen molar-refractivity contribution < 1.29 is 13.6 Å². The first kappa shape index (κ1) is 21.0. The smallest absolute Gasteiger partial charge is 0.252 e. The van der Waals surface area contributed by atoms with Gasteiger partial charge in [-0.1, -0.05) is 12.8 Å². The van der Waals surface area contributed by atoms with E-state index in [4.69, 9.17) is 11.5 Å². The van der Waals surface area contributed by atoms with Crippen molar-refractivity contribution in [2.45, 2.75) is 51.2 Å². The molecule has 6 N–H and O–H groups in total. The molecular weight excluding hydrogens is 404 g/mol. The summed E-state index contributed by atoms with van der Waals surface area (Å²) in [6.45, 7) is 2.34. The van der Waals surface area contributed by atoms with Gasteiger partial charge in [-0.05, 0) is 44.0 Å². The molecule has 1 fully saturated rings. The Morgan fingerprint density at radius 1 is 1.23 bits per heavy atom. The molecule has 1 saturated carbocycles. The molecule has 0 saturated heterocycles. The van der Waals surface area contributed by atoms with Crippen molar-refractivity contribution in [3.05, 3.63) is 41.6 Å². The molecule has 31 heavy (non-hydrogen) atoms. The van der Waals surface area contributed by atoms with Gasteiger partial charge in [0.15, 0.2) is 11.6 Å². The molecule has 1 amide bonds. The molecule has 1 aliphatic rings. The van der Waals surface area contributed by atoms with Gasteiger partial charge in [0.2, 0.25) is 5.95 Å². The molecule has 1 aromatic carbocycles. The van der Waals surface area contributed by atoms with Crippen molar-refractivity contribution in [2.24, 2.45) is 11.5 Å². The van der Waals surface area contributed by atoms with Crippen LogP contribution in [0.5, 0.6) is 0 Å². The van der Waals surface area contributed by atoms with E-state index < -0.39 is 17.7 Å². The summed E-state index contributed by atoms with van der Waals surface area (Å²) in [6, 6.07) is 5.75. The molecule has 0 aliphatic heterocycles. The number of hydrogen-bond acceptors (Lipinski definition) is 6. The number of carbonyl (C=O) groups is 1. The van der Waals surface area contributed by atoms with Crippen LogP contribution in [0.25, 0.3) is 10.9 Å². The van der Waals surface area contributed by atoms with Crippen LogP contribution in [0, 0.1) is 11.8 Å². The molecule has 8 nitrogen and oxygen atoms in total. The minimum atomic E-state index is -0.819. The van der Waals surface area contributed by atoms with Crippen LogP contribution in [-0.2, 0) is 6.54 Å². The molecule has 10 heteroatoms. The molecule has 4 rings (SSSR count). The van der Waals surface area contributed by atoms with Crippen LogP contribution in [-0.4, -0.2) is 32.8 Å². The zero-order chi connectivity index (χ0) is 22.1. The lowest BCUT2D eigenvalue weighted by molar-refractivity contribution is 0.100. The lowest BCUT2D eigenvalue weighted by atomic mass is 9.91. The monoisotopic (exact) mass is 429 g/mol. The van der Waals surface area contributed by atoms with Crippen molar-refractivity contribution in [2.75, 3.05) is 10.6 Å². The van der Waals surface area contributed by atoms with Gasteiger partial charge in [0, 0.05) is 24.3 Å². The predicted molar refractivity (Wildman–Crippen MR) is 115 cm³/mol. The van der Waals surface area contributed by atoms with Crippen LogP contribution in [0.4, 0.5) is 26.1 Å². The second kappa shape index (κ2) is 8.46. The number of nitrogens with one attached hydrogen (secondary N) is 2. The number of primary amides is 1. The summed E-state index contributed by atoms with van der Waals surface area (Å²) in [6.07, 6.45) is 3.70. The number of amides is 1. The van der Waals surface area contributed by atoms with Crippen LogP contribution in [0.3, 0.4) is 0 Å². The summed E-state index contributed by atoms with van der Waals surface area (Å²) in [5.41, 5.74) is 12.6. The maximum absolute atomic E-state index is 14.7. The number of fused-ring (bicyclic) bond motifs is 1. The van der Waals surface area contributed by atoms with Gasteiger partial charge >= 0.3 is 0 Å². The number of carbonyl (C=O) groups excluding carboxylic acids is 1. The summed E-state index contributed by atoms with van der Waals surface area (Å²) < 4.78 is 30.2. The standard InChI is InChI=1S/C21H25F2N7O/c1-2-30-17-9-11(7-8-12(17)18(23)29-30)26-20-13(19(25)31)10-14(22)21(28-20)27-16-6-4-3-5-15(16)24/h7-10,15-16H,2-6,24H2,1H3,(H2,25,31)(H2,26,27,28)/t15-,16?/m0/s1. The molecule has 2 atom stereocenters. The third kappa shape index (κ3) is 4.15. The number of nitrogens with two attached hydrogens (primary N) is 2. The number of hydrogen-bond donors (Lipinski definition) is 4. The molecule has 0 spiro atoms. The molecule has 3 aromatic rings. The molecule has 0 bridgehead atoms. The van der Waals surface area contributed by atoms with Gasteiger partial charge in [0.1, 0.15) is 5.82 Å². The highest BCUT2D eigenvalue weighted by Gasteiger charge is 2.24. The highest BCUT2D eigenvalue weighted by Crippen LogP contribution is 2.28. The molecular formula is C21H25F2N7O. The fraction of sp³-hybridized carbons (Fsp3) is 0.381. The van der Waals surface area contributed by atoms with E-state index in [2.05, 4.69) is 20.7 Å². The summed E-state index contributed by atoms with van der Waals surface area (Å²) in [4.78, 5) is 16.2. The number of aryl methyl sites for hydroxylation is 1. The van der Waals surface area contributed by atoms with Crippen molar-refractivity contribution in [1.29, 1.82) is 0 Å². The van der Waals surface area contributed by atoms with E-state index in [0.717, 1.165) is 31.7 Å². The predicted octanol–water partition coefficient (Wildman–Crippen LogP) is 3.25. The minimum Gasteiger partial charge on any atom is -0.365 e. The van der Waals surface area contributed by atoms with E-state index in [0.29, 0.717) is 23.1 Å². The number of pyridine rings is 1. The van der Waals surface area contributed by atoms with Gasteiger partial charge in [-0.3, -0.25) is 9.48 Å². The van der Waals surface area contributed by atoms with Crippen molar-refractivity contribution in [3.63, 3.8) is 0 Å². The fourth-order valence-corrected chi connectivity index (χ4v) is 3.98. The lowest BCUT2D eigenvalue weighted by Gasteiger charge is -2.30. The lowest BCUT2D eigenvalue weighted by Crippen LogP contribution is -2.43. The number of anilines is 3. The molecule has 1 aliphatic carbocycles. The molecule has 1 unspecified atom stereocenters. The summed E-state index contributed by atoms with van der Waals surface area (Å²) in [5, 5.41) is 10.3. The highest BCUT2D eigenvalue weighted by molar-refractivity contribution is 5.99. The van der Waals surface area contributed by atoms with E-state index in [-0.39, 0.29) is 29.3 Å². The Bertz CT molecular complexity index is 1130. The van der Waals surface area contributed by atoms with E-state index >= 15 is 0 Å². The Balaban J connectivity index is 1.69. The van der Waals surface area contributed by atoms with Crippen molar-refractivity contribution in [1.82, 2.24) is 14.8 Å². The van der Waals surface area contributed by atoms with Gasteiger partial charge in [-0.2, -0.15) is 4.39 Å². The maximum Gasteiger partial charge on any atom is 0.252 e. The zero-order valence-corrected chi connectivity index (χ0v) is 17.2. The van der Waals surface area contributed by atoms with Crippen LogP contribution in [0.2, 0.25) is 0 Å². The van der Waals surface area contributed by atoms with Crippen LogP contribution in [0.15, 0.2) is 24.3 Å².